The molecule has 15 heavy (non-hydrogen) atoms. The Hall–Kier alpha value is -1.62. The molecule has 0 aromatic carbocycles. The number of furan rings is 1. The lowest BCUT2D eigenvalue weighted by Gasteiger charge is -1.95. The van der Waals surface area contributed by atoms with E-state index < -0.39 is 6.10 Å². The summed E-state index contributed by atoms with van der Waals surface area (Å²) < 4.78 is 10.1. The van der Waals surface area contributed by atoms with Gasteiger partial charge in [0.05, 0.1) is 25.2 Å². The highest BCUT2D eigenvalue weighted by atomic mass is 16.5. The maximum absolute atomic E-state index is 9.13. The Labute approximate surface area is 86.7 Å². The summed E-state index contributed by atoms with van der Waals surface area (Å²) in [5.41, 5.74) is 0. The summed E-state index contributed by atoms with van der Waals surface area (Å²) in [6.07, 6.45) is 2.02. The van der Waals surface area contributed by atoms with Crippen molar-refractivity contribution in [2.24, 2.45) is 0 Å². The summed E-state index contributed by atoms with van der Waals surface area (Å²) in [5, 5.41) is 12.9. The number of aromatic nitrogens is 2. The maximum atomic E-state index is 9.13. The highest BCUT2D eigenvalue weighted by Crippen LogP contribution is 2.08. The molecule has 0 spiro atoms. The molecule has 80 valence electrons. The van der Waals surface area contributed by atoms with Crippen molar-refractivity contribution in [1.29, 1.82) is 0 Å². The fourth-order valence-corrected chi connectivity index (χ4v) is 1.27. The predicted octanol–water partition coefficient (Wildman–Crippen LogP) is 1.18. The first kappa shape index (κ1) is 9.92. The van der Waals surface area contributed by atoms with Gasteiger partial charge in [-0.3, -0.25) is 0 Å². The van der Waals surface area contributed by atoms with Crippen molar-refractivity contribution in [3.8, 4) is 0 Å². The molecule has 0 aliphatic heterocycles. The molecule has 0 aliphatic rings. The lowest BCUT2D eigenvalue weighted by molar-refractivity contribution is 0.181. The average molecular weight is 208 g/mol. The van der Waals surface area contributed by atoms with Crippen LogP contribution in [0.4, 0.5) is 0 Å². The molecule has 2 heterocycles. The predicted molar refractivity (Wildman–Crippen MR) is 51.2 cm³/mol. The molecule has 0 bridgehead atoms. The van der Waals surface area contributed by atoms with Crippen molar-refractivity contribution in [2.75, 3.05) is 0 Å². The molecule has 0 saturated carbocycles. The third kappa shape index (κ3) is 2.66. The maximum Gasteiger partial charge on any atom is 0.229 e. The molecule has 0 saturated heterocycles. The van der Waals surface area contributed by atoms with Crippen LogP contribution in [0.25, 0.3) is 0 Å². The van der Waals surface area contributed by atoms with Crippen molar-refractivity contribution in [3.63, 3.8) is 0 Å². The van der Waals surface area contributed by atoms with Gasteiger partial charge in [-0.15, -0.1) is 0 Å². The minimum absolute atomic E-state index is 0.380. The Balaban J connectivity index is 2.01. The summed E-state index contributed by atoms with van der Waals surface area (Å²) in [6, 6.07) is 3.66. The van der Waals surface area contributed by atoms with Crippen LogP contribution >= 0.6 is 0 Å². The number of aliphatic hydroxyl groups is 1. The normalized spacial score (nSPS) is 12.9. The summed E-state index contributed by atoms with van der Waals surface area (Å²) in [6.45, 7) is 1.68. The van der Waals surface area contributed by atoms with Gasteiger partial charge in [0, 0.05) is 0 Å². The van der Waals surface area contributed by atoms with Crippen LogP contribution in [0.3, 0.4) is 0 Å². The molecular weight excluding hydrogens is 196 g/mol. The molecule has 1 unspecified atom stereocenters. The highest BCUT2D eigenvalue weighted by molar-refractivity contribution is 5.05. The van der Waals surface area contributed by atoms with E-state index in [2.05, 4.69) is 10.1 Å². The average Bonchev–Trinajstić information content (AvgIpc) is 2.77. The Morgan fingerprint density at radius 2 is 2.40 bits per heavy atom. The summed E-state index contributed by atoms with van der Waals surface area (Å²) in [4.78, 5) is 4.13. The molecule has 5 nitrogen and oxygen atoms in total. The molecule has 2 aromatic heterocycles. The molecule has 1 atom stereocenters. The standard InChI is InChI=1S/C10H12N2O3/c1-7(13)5-10-11-9(12-15-10)6-8-3-2-4-14-8/h2-4,7,13H,5-6H2,1H3. The zero-order chi connectivity index (χ0) is 10.7. The first-order valence-corrected chi connectivity index (χ1v) is 4.76. The van der Waals surface area contributed by atoms with Crippen LogP contribution in [0.15, 0.2) is 27.3 Å². The van der Waals surface area contributed by atoms with E-state index in [4.69, 9.17) is 14.0 Å². The van der Waals surface area contributed by atoms with Crippen molar-refractivity contribution in [1.82, 2.24) is 10.1 Å². The van der Waals surface area contributed by atoms with Gasteiger partial charge in [0.2, 0.25) is 5.89 Å². The molecule has 5 heteroatoms. The van der Waals surface area contributed by atoms with Crippen LogP contribution in [-0.2, 0) is 12.8 Å². The van der Waals surface area contributed by atoms with Gasteiger partial charge < -0.3 is 14.0 Å². The number of hydrogen-bond donors (Lipinski definition) is 1. The molecular formula is C10H12N2O3. The van der Waals surface area contributed by atoms with Gasteiger partial charge in [0.25, 0.3) is 0 Å². The lowest BCUT2D eigenvalue weighted by atomic mass is 10.3. The minimum Gasteiger partial charge on any atom is -0.469 e. The first-order valence-electron chi connectivity index (χ1n) is 4.76. The Bertz CT molecular complexity index is 406. The van der Waals surface area contributed by atoms with E-state index in [1.807, 2.05) is 12.1 Å². The van der Waals surface area contributed by atoms with Crippen molar-refractivity contribution < 1.29 is 14.0 Å². The number of nitrogens with zero attached hydrogens (tertiary/aromatic N) is 2. The van der Waals surface area contributed by atoms with Gasteiger partial charge in [-0.25, -0.2) is 0 Å². The third-order valence-electron chi connectivity index (χ3n) is 1.89. The SMILES string of the molecule is CC(O)Cc1nc(Cc2ccco2)no1. The van der Waals surface area contributed by atoms with Crippen LogP contribution in [-0.4, -0.2) is 21.4 Å². The van der Waals surface area contributed by atoms with E-state index in [9.17, 15) is 0 Å². The smallest absolute Gasteiger partial charge is 0.229 e. The Morgan fingerprint density at radius 3 is 3.07 bits per heavy atom. The van der Waals surface area contributed by atoms with Crippen LogP contribution in [0.1, 0.15) is 24.4 Å². The van der Waals surface area contributed by atoms with Crippen molar-refractivity contribution in [3.05, 3.63) is 35.9 Å². The molecule has 0 aliphatic carbocycles. The molecule has 2 aromatic rings. The number of aliphatic hydroxyl groups excluding tert-OH is 1. The van der Waals surface area contributed by atoms with Gasteiger partial charge >= 0.3 is 0 Å². The van der Waals surface area contributed by atoms with Gasteiger partial charge in [-0.1, -0.05) is 5.16 Å². The second-order valence-corrected chi connectivity index (χ2v) is 3.41. The summed E-state index contributed by atoms with van der Waals surface area (Å²) >= 11 is 0. The van der Waals surface area contributed by atoms with Gasteiger partial charge in [0.15, 0.2) is 5.82 Å². The van der Waals surface area contributed by atoms with E-state index in [0.717, 1.165) is 5.76 Å². The van der Waals surface area contributed by atoms with E-state index >= 15 is 0 Å². The van der Waals surface area contributed by atoms with E-state index in [-0.39, 0.29) is 0 Å². The number of hydrogen-bond acceptors (Lipinski definition) is 5. The first-order chi connectivity index (χ1) is 7.24. The number of rotatable bonds is 4. The quantitative estimate of drug-likeness (QED) is 0.816. The largest absolute Gasteiger partial charge is 0.469 e. The topological polar surface area (TPSA) is 72.3 Å². The van der Waals surface area contributed by atoms with Crippen LogP contribution in [0.5, 0.6) is 0 Å². The van der Waals surface area contributed by atoms with Crippen LogP contribution < -0.4 is 0 Å². The van der Waals surface area contributed by atoms with Crippen molar-refractivity contribution >= 4 is 0 Å². The van der Waals surface area contributed by atoms with Crippen LogP contribution in [0, 0.1) is 0 Å². The van der Waals surface area contributed by atoms with E-state index in [1.165, 1.54) is 0 Å². The highest BCUT2D eigenvalue weighted by Gasteiger charge is 2.10. The monoisotopic (exact) mass is 208 g/mol. The summed E-state index contributed by atoms with van der Waals surface area (Å²) in [5.74, 6) is 1.81. The molecule has 0 radical (unpaired) electrons. The van der Waals surface area contributed by atoms with Gasteiger partial charge in [0.1, 0.15) is 5.76 Å². The molecule has 2 rings (SSSR count). The minimum atomic E-state index is -0.470. The zero-order valence-corrected chi connectivity index (χ0v) is 8.38. The van der Waals surface area contributed by atoms with Crippen LogP contribution in [0.2, 0.25) is 0 Å². The van der Waals surface area contributed by atoms with E-state index in [1.54, 1.807) is 13.2 Å². The molecule has 0 amide bonds. The van der Waals surface area contributed by atoms with Gasteiger partial charge in [-0.05, 0) is 19.1 Å². The fraction of sp³-hybridized carbons (Fsp3) is 0.400. The molecule has 0 fully saturated rings. The lowest BCUT2D eigenvalue weighted by Crippen LogP contribution is -2.04. The second-order valence-electron chi connectivity index (χ2n) is 3.41. The zero-order valence-electron chi connectivity index (χ0n) is 8.38. The van der Waals surface area contributed by atoms with E-state index in [0.29, 0.717) is 24.6 Å². The molecule has 1 N–H and O–H groups in total. The third-order valence-corrected chi connectivity index (χ3v) is 1.89. The van der Waals surface area contributed by atoms with Gasteiger partial charge in [-0.2, -0.15) is 4.98 Å². The Kier molecular flexibility index (Phi) is 2.82. The Morgan fingerprint density at radius 1 is 1.53 bits per heavy atom. The summed E-state index contributed by atoms with van der Waals surface area (Å²) in [7, 11) is 0. The van der Waals surface area contributed by atoms with Crippen molar-refractivity contribution in [2.45, 2.75) is 25.9 Å². The second kappa shape index (κ2) is 4.27. The fourth-order valence-electron chi connectivity index (χ4n) is 1.27.